The van der Waals surface area contributed by atoms with Crippen LogP contribution in [0.15, 0.2) is 36.7 Å². The number of ether oxygens (including phenoxy) is 4. The maximum atomic E-state index is 13.0. The maximum Gasteiger partial charge on any atom is 0.472 e. The van der Waals surface area contributed by atoms with Crippen molar-refractivity contribution in [2.75, 3.05) is 38.8 Å². The van der Waals surface area contributed by atoms with Gasteiger partial charge in [-0.3, -0.25) is 9.05 Å². The molecule has 2 heterocycles. The van der Waals surface area contributed by atoms with E-state index in [-0.39, 0.29) is 26.2 Å². The monoisotopic (exact) mass is 798 g/mol. The summed E-state index contributed by atoms with van der Waals surface area (Å²) in [5.74, 6) is 1.08. The molecule has 56 heavy (non-hydrogen) atoms. The molecule has 0 aliphatic rings. The van der Waals surface area contributed by atoms with Crippen LogP contribution in [0.2, 0.25) is 0 Å². The second-order valence-electron chi connectivity index (χ2n) is 14.0. The molecule has 14 nitrogen and oxygen atoms in total. The van der Waals surface area contributed by atoms with Gasteiger partial charge in [0.15, 0.2) is 5.82 Å². The summed E-state index contributed by atoms with van der Waals surface area (Å²) in [6.07, 6.45) is 22.6. The van der Waals surface area contributed by atoms with E-state index in [0.29, 0.717) is 48.0 Å². The van der Waals surface area contributed by atoms with Crippen LogP contribution in [0, 0.1) is 22.8 Å². The number of anilines is 1. The fraction of sp³-hybridized carbons (Fsp3) is 0.659. The van der Waals surface area contributed by atoms with Crippen LogP contribution in [0.3, 0.4) is 0 Å². The number of hydrogen-bond donors (Lipinski definition) is 2. The van der Waals surface area contributed by atoms with Crippen molar-refractivity contribution in [3.63, 3.8) is 0 Å². The smallest absolute Gasteiger partial charge is 0.472 e. The summed E-state index contributed by atoms with van der Waals surface area (Å²) in [5.41, 5.74) is 7.71. The number of phosphoric acid groups is 1. The zero-order valence-electron chi connectivity index (χ0n) is 33.4. The van der Waals surface area contributed by atoms with E-state index in [4.69, 9.17) is 33.7 Å². The highest BCUT2D eigenvalue weighted by Crippen LogP contribution is 2.44. The lowest BCUT2D eigenvalue weighted by atomic mass is 10.0. The summed E-state index contributed by atoms with van der Waals surface area (Å²) in [4.78, 5) is 14.5. The molecule has 0 saturated carbocycles. The van der Waals surface area contributed by atoms with E-state index in [1.54, 1.807) is 35.0 Å². The third kappa shape index (κ3) is 18.4. The lowest BCUT2D eigenvalue weighted by Crippen LogP contribution is -2.29. The van der Waals surface area contributed by atoms with Gasteiger partial charge in [0.05, 0.1) is 32.0 Å². The normalized spacial score (nSPS) is 13.4. The molecule has 1 unspecified atom stereocenters. The number of rotatable bonds is 33. The summed E-state index contributed by atoms with van der Waals surface area (Å²) >= 11 is 0. The first-order valence-electron chi connectivity index (χ1n) is 20.4. The van der Waals surface area contributed by atoms with Crippen molar-refractivity contribution in [1.82, 2.24) is 14.6 Å². The van der Waals surface area contributed by atoms with Gasteiger partial charge in [0.1, 0.15) is 41.6 Å². The lowest BCUT2D eigenvalue weighted by molar-refractivity contribution is 0.00973. The van der Waals surface area contributed by atoms with Gasteiger partial charge in [0.25, 0.3) is 6.26 Å². The van der Waals surface area contributed by atoms with Crippen molar-refractivity contribution >= 4 is 19.2 Å². The SMILES string of the molecule is CCCCCCCCCCCCCCCCCCOC[C@H](COP(=O)(O)OC[C@H](CCc1ccc2c(N)ncnn12)OC#N)Oc1ccc(C#N)c(OCC)c1. The highest BCUT2D eigenvalue weighted by Gasteiger charge is 2.27. The zero-order valence-corrected chi connectivity index (χ0v) is 34.3. The minimum atomic E-state index is -4.60. The number of benzene rings is 1. The highest BCUT2D eigenvalue weighted by atomic mass is 31.2. The number of nitrogen functional groups attached to an aromatic ring is 1. The fourth-order valence-corrected chi connectivity index (χ4v) is 7.15. The first-order valence-corrected chi connectivity index (χ1v) is 21.9. The van der Waals surface area contributed by atoms with Crippen molar-refractivity contribution < 1.29 is 37.5 Å². The van der Waals surface area contributed by atoms with Crippen LogP contribution in [-0.4, -0.2) is 64.7 Å². The van der Waals surface area contributed by atoms with Gasteiger partial charge in [-0.25, -0.2) is 14.1 Å². The van der Waals surface area contributed by atoms with Gasteiger partial charge in [-0.1, -0.05) is 103 Å². The van der Waals surface area contributed by atoms with E-state index in [1.165, 1.54) is 89.8 Å². The number of fused-ring (bicyclic) bond motifs is 1. The second-order valence-corrected chi connectivity index (χ2v) is 15.5. The van der Waals surface area contributed by atoms with E-state index in [1.807, 2.05) is 13.0 Å². The molecule has 2 aromatic heterocycles. The maximum absolute atomic E-state index is 13.0. The number of hydrogen-bond acceptors (Lipinski definition) is 12. The average Bonchev–Trinajstić information content (AvgIpc) is 3.62. The van der Waals surface area contributed by atoms with Crippen molar-refractivity contribution in [2.45, 2.75) is 142 Å². The molecule has 0 bridgehead atoms. The Morgan fingerprint density at radius 1 is 0.839 bits per heavy atom. The molecule has 3 atom stereocenters. The number of aromatic nitrogens is 3. The Balaban J connectivity index is 1.41. The lowest BCUT2D eigenvalue weighted by Gasteiger charge is -2.22. The summed E-state index contributed by atoms with van der Waals surface area (Å²) in [7, 11) is -4.60. The molecule has 0 saturated heterocycles. The molecule has 0 amide bonds. The van der Waals surface area contributed by atoms with Gasteiger partial charge < -0.3 is 29.6 Å². The Kier molecular flexibility index (Phi) is 22.9. The number of nitrogens with two attached hydrogens (primary N) is 1. The number of nitrogens with zero attached hydrogens (tertiary/aromatic N) is 5. The largest absolute Gasteiger partial charge is 0.492 e. The Bertz CT molecular complexity index is 1660. The first-order chi connectivity index (χ1) is 27.3. The molecule has 310 valence electrons. The summed E-state index contributed by atoms with van der Waals surface area (Å²) < 4.78 is 48.0. The molecule has 15 heteroatoms. The van der Waals surface area contributed by atoms with Crippen LogP contribution in [0.1, 0.15) is 134 Å². The molecule has 3 N–H and O–H groups in total. The van der Waals surface area contributed by atoms with Crippen molar-refractivity contribution in [2.24, 2.45) is 0 Å². The predicted octanol–water partition coefficient (Wildman–Crippen LogP) is 9.24. The van der Waals surface area contributed by atoms with Crippen LogP contribution < -0.4 is 15.2 Å². The number of phosphoric ester groups is 1. The van der Waals surface area contributed by atoms with Crippen molar-refractivity contribution in [3.05, 3.63) is 47.9 Å². The van der Waals surface area contributed by atoms with Crippen LogP contribution >= 0.6 is 7.82 Å². The molecule has 0 radical (unpaired) electrons. The molecule has 1 aromatic carbocycles. The van der Waals surface area contributed by atoms with Crippen LogP contribution in [-0.2, 0) is 29.5 Å². The quantitative estimate of drug-likeness (QED) is 0.0336. The molecule has 3 rings (SSSR count). The van der Waals surface area contributed by atoms with Crippen molar-refractivity contribution in [1.29, 1.82) is 10.5 Å². The molecule has 0 fully saturated rings. The van der Waals surface area contributed by atoms with Crippen LogP contribution in [0.25, 0.3) is 5.52 Å². The molecule has 0 spiro atoms. The topological polar surface area (TPSA) is 196 Å². The highest BCUT2D eigenvalue weighted by molar-refractivity contribution is 7.47. The summed E-state index contributed by atoms with van der Waals surface area (Å²) in [6, 6.07) is 10.5. The Labute approximate surface area is 333 Å². The first kappa shape index (κ1) is 46.5. The average molecular weight is 799 g/mol. The third-order valence-electron chi connectivity index (χ3n) is 9.47. The predicted molar refractivity (Wildman–Crippen MR) is 215 cm³/mol. The van der Waals surface area contributed by atoms with E-state index < -0.39 is 20.0 Å². The van der Waals surface area contributed by atoms with Gasteiger partial charge in [-0.05, 0) is 50.5 Å². The van der Waals surface area contributed by atoms with Gasteiger partial charge in [0, 0.05) is 18.4 Å². The Hall–Kier alpha value is -3.91. The summed E-state index contributed by atoms with van der Waals surface area (Å²) in [6.45, 7) is 4.32. The van der Waals surface area contributed by atoms with E-state index in [0.717, 1.165) is 25.0 Å². The standard InChI is InChI=1S/C41H63N6O8P/c1-3-5-6-7-8-9-10-11-12-13-14-15-16-17-18-19-26-50-29-38(55-36-23-20-34(28-42)40(27-36)51-4-2)31-54-56(48,49)53-30-37(52-32-43)24-21-35-22-25-39-41(44)45-33-46-47(35)39/h20,22-23,25,27,33,37-38H,3-19,21,24,26,29-31H2,1-2H3,(H,48,49)(H2,44,45,46)/t37-,38+/m0/s1. The molecular formula is C41H63N6O8P. The molecule has 0 aliphatic carbocycles. The van der Waals surface area contributed by atoms with E-state index >= 15 is 0 Å². The number of unbranched alkanes of at least 4 members (excludes halogenated alkanes) is 15. The zero-order chi connectivity index (χ0) is 40.3. The minimum absolute atomic E-state index is 0.0855. The van der Waals surface area contributed by atoms with Gasteiger partial charge >= 0.3 is 7.82 Å². The number of aryl methyl sites for hydroxylation is 1. The van der Waals surface area contributed by atoms with E-state index in [9.17, 15) is 20.0 Å². The van der Waals surface area contributed by atoms with Gasteiger partial charge in [-0.15, -0.1) is 0 Å². The van der Waals surface area contributed by atoms with Crippen LogP contribution in [0.5, 0.6) is 11.5 Å². The second kappa shape index (κ2) is 27.6. The van der Waals surface area contributed by atoms with E-state index in [2.05, 4.69) is 23.1 Å². The minimum Gasteiger partial charge on any atom is -0.492 e. The van der Waals surface area contributed by atoms with Gasteiger partial charge in [-0.2, -0.15) is 15.6 Å². The summed E-state index contributed by atoms with van der Waals surface area (Å²) in [5, 5.41) is 22.9. The Morgan fingerprint density at radius 2 is 1.46 bits per heavy atom. The van der Waals surface area contributed by atoms with Crippen LogP contribution in [0.4, 0.5) is 5.82 Å². The fourth-order valence-electron chi connectivity index (χ4n) is 6.37. The number of nitriles is 2. The molecule has 3 aromatic rings. The van der Waals surface area contributed by atoms with Crippen molar-refractivity contribution in [3.8, 4) is 23.8 Å². The Morgan fingerprint density at radius 3 is 2.07 bits per heavy atom. The molecule has 0 aliphatic heterocycles. The third-order valence-corrected chi connectivity index (χ3v) is 10.4. The van der Waals surface area contributed by atoms with Gasteiger partial charge in [0.2, 0.25) is 0 Å². The molecular weight excluding hydrogens is 735 g/mol.